The van der Waals surface area contributed by atoms with Crippen LogP contribution < -0.4 is 5.32 Å². The number of furan rings is 1. The summed E-state index contributed by atoms with van der Waals surface area (Å²) in [7, 11) is 0. The van der Waals surface area contributed by atoms with Gasteiger partial charge in [-0.25, -0.2) is 15.0 Å². The van der Waals surface area contributed by atoms with E-state index < -0.39 is 0 Å². The Morgan fingerprint density at radius 2 is 2.05 bits per heavy atom. The highest BCUT2D eigenvalue weighted by molar-refractivity contribution is 5.91. The number of anilines is 1. The van der Waals surface area contributed by atoms with Gasteiger partial charge < -0.3 is 14.6 Å². The van der Waals surface area contributed by atoms with Crippen LogP contribution in [0, 0.1) is 0 Å². The Labute approximate surface area is 116 Å². The number of carbonyl (C=O) groups excluding carboxylic acids is 1. The zero-order valence-electron chi connectivity index (χ0n) is 10.9. The van der Waals surface area contributed by atoms with Crippen LogP contribution in [0.2, 0.25) is 0 Å². The van der Waals surface area contributed by atoms with E-state index in [0.717, 1.165) is 12.8 Å². The standard InChI is InChI=1S/C13H15N5O2/c19-12(11-2-1-7-20-11)18-5-3-10(4-6-18)17-13-15-8-14-9-16-13/h1-2,7-10H,3-6H2,(H,14,15,16,17). The fraction of sp³-hybridized carbons (Fsp3) is 0.385. The highest BCUT2D eigenvalue weighted by Crippen LogP contribution is 2.16. The zero-order valence-corrected chi connectivity index (χ0v) is 10.9. The second-order valence-corrected chi connectivity index (χ2v) is 4.65. The van der Waals surface area contributed by atoms with Gasteiger partial charge in [-0.15, -0.1) is 0 Å². The molecule has 0 aromatic carbocycles. The molecule has 1 N–H and O–H groups in total. The molecule has 0 aliphatic carbocycles. The lowest BCUT2D eigenvalue weighted by Crippen LogP contribution is -2.42. The summed E-state index contributed by atoms with van der Waals surface area (Å²) in [6, 6.07) is 3.69. The molecule has 1 aliphatic rings. The maximum absolute atomic E-state index is 12.1. The van der Waals surface area contributed by atoms with Crippen molar-refractivity contribution in [3.63, 3.8) is 0 Å². The normalized spacial score (nSPS) is 16.1. The van der Waals surface area contributed by atoms with Gasteiger partial charge in [0.1, 0.15) is 12.7 Å². The number of nitrogens with zero attached hydrogens (tertiary/aromatic N) is 4. The Hall–Kier alpha value is -2.44. The highest BCUT2D eigenvalue weighted by atomic mass is 16.3. The van der Waals surface area contributed by atoms with E-state index in [2.05, 4.69) is 20.3 Å². The van der Waals surface area contributed by atoms with Gasteiger partial charge in [0, 0.05) is 19.1 Å². The number of hydrogen-bond acceptors (Lipinski definition) is 6. The van der Waals surface area contributed by atoms with Gasteiger partial charge in [0.05, 0.1) is 6.26 Å². The summed E-state index contributed by atoms with van der Waals surface area (Å²) in [5.41, 5.74) is 0. The average Bonchev–Trinajstić information content (AvgIpc) is 3.03. The fourth-order valence-electron chi connectivity index (χ4n) is 2.28. The van der Waals surface area contributed by atoms with Gasteiger partial charge in [0.25, 0.3) is 5.91 Å². The first kappa shape index (κ1) is 12.6. The molecule has 0 saturated carbocycles. The number of aromatic nitrogens is 3. The zero-order chi connectivity index (χ0) is 13.8. The van der Waals surface area contributed by atoms with Crippen molar-refractivity contribution in [1.29, 1.82) is 0 Å². The summed E-state index contributed by atoms with van der Waals surface area (Å²) in [6.45, 7) is 1.39. The lowest BCUT2D eigenvalue weighted by Gasteiger charge is -2.31. The van der Waals surface area contributed by atoms with Crippen molar-refractivity contribution in [1.82, 2.24) is 19.9 Å². The molecule has 2 aromatic heterocycles. The summed E-state index contributed by atoms with van der Waals surface area (Å²) >= 11 is 0. The van der Waals surface area contributed by atoms with Gasteiger partial charge in [-0.05, 0) is 25.0 Å². The first-order chi connectivity index (χ1) is 9.83. The molecule has 104 valence electrons. The van der Waals surface area contributed by atoms with Gasteiger partial charge >= 0.3 is 0 Å². The number of likely N-dealkylation sites (tertiary alicyclic amines) is 1. The van der Waals surface area contributed by atoms with Gasteiger partial charge in [-0.3, -0.25) is 4.79 Å². The van der Waals surface area contributed by atoms with Crippen LogP contribution in [0.25, 0.3) is 0 Å². The third-order valence-electron chi connectivity index (χ3n) is 3.34. The molecule has 1 amide bonds. The Bertz CT molecular complexity index is 549. The van der Waals surface area contributed by atoms with Crippen LogP contribution >= 0.6 is 0 Å². The Balaban J connectivity index is 1.53. The van der Waals surface area contributed by atoms with E-state index in [4.69, 9.17) is 4.42 Å². The van der Waals surface area contributed by atoms with Crippen LogP contribution in [-0.2, 0) is 0 Å². The van der Waals surface area contributed by atoms with Crippen molar-refractivity contribution in [3.05, 3.63) is 36.8 Å². The van der Waals surface area contributed by atoms with E-state index in [1.54, 1.807) is 12.1 Å². The van der Waals surface area contributed by atoms with Crippen molar-refractivity contribution in [3.8, 4) is 0 Å². The van der Waals surface area contributed by atoms with E-state index in [0.29, 0.717) is 24.8 Å². The molecule has 0 radical (unpaired) electrons. The summed E-state index contributed by atoms with van der Waals surface area (Å²) in [6.07, 6.45) is 6.16. The largest absolute Gasteiger partial charge is 0.459 e. The van der Waals surface area contributed by atoms with Crippen molar-refractivity contribution in [2.45, 2.75) is 18.9 Å². The molecule has 20 heavy (non-hydrogen) atoms. The highest BCUT2D eigenvalue weighted by Gasteiger charge is 2.25. The number of nitrogens with one attached hydrogen (secondary N) is 1. The number of piperidine rings is 1. The number of hydrogen-bond donors (Lipinski definition) is 1. The number of rotatable bonds is 3. The molecular formula is C13H15N5O2. The molecule has 3 heterocycles. The molecule has 2 aromatic rings. The lowest BCUT2D eigenvalue weighted by atomic mass is 10.1. The predicted molar refractivity (Wildman–Crippen MR) is 71.1 cm³/mol. The Morgan fingerprint density at radius 3 is 2.70 bits per heavy atom. The van der Waals surface area contributed by atoms with E-state index in [9.17, 15) is 4.79 Å². The van der Waals surface area contributed by atoms with E-state index in [-0.39, 0.29) is 11.9 Å². The maximum atomic E-state index is 12.1. The Morgan fingerprint density at radius 1 is 1.30 bits per heavy atom. The topological polar surface area (TPSA) is 84.2 Å². The summed E-state index contributed by atoms with van der Waals surface area (Å²) in [4.78, 5) is 25.8. The van der Waals surface area contributed by atoms with Crippen LogP contribution in [-0.4, -0.2) is 44.9 Å². The Kier molecular flexibility index (Phi) is 3.58. The minimum absolute atomic E-state index is 0.0476. The molecule has 3 rings (SSSR count). The van der Waals surface area contributed by atoms with Crippen molar-refractivity contribution < 1.29 is 9.21 Å². The molecule has 0 atom stereocenters. The van der Waals surface area contributed by atoms with Crippen LogP contribution in [0.5, 0.6) is 0 Å². The average molecular weight is 273 g/mol. The van der Waals surface area contributed by atoms with E-state index >= 15 is 0 Å². The summed E-state index contributed by atoms with van der Waals surface area (Å²) in [5.74, 6) is 0.929. The molecule has 7 nitrogen and oxygen atoms in total. The van der Waals surface area contributed by atoms with Gasteiger partial charge in [0.2, 0.25) is 5.95 Å². The van der Waals surface area contributed by atoms with Gasteiger partial charge in [-0.1, -0.05) is 0 Å². The minimum atomic E-state index is -0.0476. The quantitative estimate of drug-likeness (QED) is 0.904. The third-order valence-corrected chi connectivity index (χ3v) is 3.34. The lowest BCUT2D eigenvalue weighted by molar-refractivity contribution is 0.0686. The molecule has 0 unspecified atom stereocenters. The minimum Gasteiger partial charge on any atom is -0.459 e. The monoisotopic (exact) mass is 273 g/mol. The number of carbonyl (C=O) groups is 1. The molecular weight excluding hydrogens is 258 g/mol. The van der Waals surface area contributed by atoms with E-state index in [1.165, 1.54) is 18.9 Å². The van der Waals surface area contributed by atoms with Crippen molar-refractivity contribution in [2.24, 2.45) is 0 Å². The molecule has 1 aliphatic heterocycles. The molecule has 0 bridgehead atoms. The van der Waals surface area contributed by atoms with Crippen LogP contribution in [0.15, 0.2) is 35.5 Å². The van der Waals surface area contributed by atoms with E-state index in [1.807, 2.05) is 4.90 Å². The molecule has 0 spiro atoms. The fourth-order valence-corrected chi connectivity index (χ4v) is 2.28. The van der Waals surface area contributed by atoms with Gasteiger partial charge in [-0.2, -0.15) is 0 Å². The molecule has 7 heteroatoms. The predicted octanol–water partition coefficient (Wildman–Crippen LogP) is 1.18. The second kappa shape index (κ2) is 5.68. The third kappa shape index (κ3) is 2.76. The van der Waals surface area contributed by atoms with Crippen molar-refractivity contribution in [2.75, 3.05) is 18.4 Å². The van der Waals surface area contributed by atoms with Crippen LogP contribution in [0.3, 0.4) is 0 Å². The smallest absolute Gasteiger partial charge is 0.289 e. The maximum Gasteiger partial charge on any atom is 0.289 e. The SMILES string of the molecule is O=C(c1ccco1)N1CCC(Nc2ncncn2)CC1. The first-order valence-electron chi connectivity index (χ1n) is 6.54. The second-order valence-electron chi connectivity index (χ2n) is 4.65. The van der Waals surface area contributed by atoms with Gasteiger partial charge in [0.15, 0.2) is 5.76 Å². The van der Waals surface area contributed by atoms with Crippen LogP contribution in [0.4, 0.5) is 5.95 Å². The summed E-state index contributed by atoms with van der Waals surface area (Å²) in [5, 5.41) is 3.25. The van der Waals surface area contributed by atoms with Crippen molar-refractivity contribution >= 4 is 11.9 Å². The first-order valence-corrected chi connectivity index (χ1v) is 6.54. The molecule has 1 fully saturated rings. The number of amides is 1. The molecule has 1 saturated heterocycles. The summed E-state index contributed by atoms with van der Waals surface area (Å²) < 4.78 is 5.14. The van der Waals surface area contributed by atoms with Crippen LogP contribution in [0.1, 0.15) is 23.4 Å².